The van der Waals surface area contributed by atoms with Crippen LogP contribution in [-0.2, 0) is 19.1 Å². The minimum absolute atomic E-state index is 0.0252. The van der Waals surface area contributed by atoms with Gasteiger partial charge in [-0.3, -0.25) is 4.79 Å². The van der Waals surface area contributed by atoms with Gasteiger partial charge in [-0.15, -0.1) is 0 Å². The molecule has 0 atom stereocenters. The Kier molecular flexibility index (Phi) is 7.13. The zero-order valence-corrected chi connectivity index (χ0v) is 8.36. The fourth-order valence-corrected chi connectivity index (χ4v) is 0.665. The Morgan fingerprint density at radius 1 is 1.29 bits per heavy atom. The summed E-state index contributed by atoms with van der Waals surface area (Å²) in [6.45, 7) is 4.30. The second kappa shape index (κ2) is 8.04. The second-order valence-corrected chi connectivity index (χ2v) is 2.24. The first kappa shape index (κ1) is 12.4. The van der Waals surface area contributed by atoms with E-state index >= 15 is 0 Å². The standard InChI is InChI=1S/C10H14O4/c1-3-13-7-5-6-9(8-11)10(12)14-4-2/h5-8H,3-4H2,1-2H3/b7-5+,9-6-. The van der Waals surface area contributed by atoms with E-state index in [1.807, 2.05) is 6.92 Å². The maximum Gasteiger partial charge on any atom is 0.341 e. The lowest BCUT2D eigenvalue weighted by Crippen LogP contribution is -2.08. The van der Waals surface area contributed by atoms with Crippen molar-refractivity contribution >= 4 is 12.3 Å². The highest BCUT2D eigenvalue weighted by molar-refractivity contribution is 6.07. The molecule has 0 unspecified atom stereocenters. The van der Waals surface area contributed by atoms with Crippen molar-refractivity contribution in [3.8, 4) is 0 Å². The van der Waals surface area contributed by atoms with E-state index in [1.165, 1.54) is 18.4 Å². The summed E-state index contributed by atoms with van der Waals surface area (Å²) in [6, 6.07) is 0. The van der Waals surface area contributed by atoms with Gasteiger partial charge in [0.05, 0.1) is 25.0 Å². The third-order valence-electron chi connectivity index (χ3n) is 1.26. The molecule has 0 rings (SSSR count). The number of hydrogen-bond donors (Lipinski definition) is 0. The molecule has 0 bridgehead atoms. The Morgan fingerprint density at radius 3 is 2.50 bits per heavy atom. The van der Waals surface area contributed by atoms with E-state index in [4.69, 9.17) is 4.74 Å². The van der Waals surface area contributed by atoms with E-state index in [-0.39, 0.29) is 12.2 Å². The first-order valence-corrected chi connectivity index (χ1v) is 4.37. The smallest absolute Gasteiger partial charge is 0.341 e. The zero-order valence-electron chi connectivity index (χ0n) is 8.36. The van der Waals surface area contributed by atoms with E-state index in [9.17, 15) is 9.59 Å². The van der Waals surface area contributed by atoms with Crippen molar-refractivity contribution in [2.75, 3.05) is 13.2 Å². The summed E-state index contributed by atoms with van der Waals surface area (Å²) in [5.74, 6) is -0.622. The van der Waals surface area contributed by atoms with Crippen LogP contribution >= 0.6 is 0 Å². The van der Waals surface area contributed by atoms with Gasteiger partial charge >= 0.3 is 5.97 Å². The summed E-state index contributed by atoms with van der Waals surface area (Å²) in [6.07, 6.45) is 4.68. The van der Waals surface area contributed by atoms with E-state index in [0.717, 1.165) is 0 Å². The number of esters is 1. The highest BCUT2D eigenvalue weighted by atomic mass is 16.5. The van der Waals surface area contributed by atoms with Gasteiger partial charge in [0.2, 0.25) is 0 Å². The molecule has 0 saturated heterocycles. The first-order valence-electron chi connectivity index (χ1n) is 4.37. The Hall–Kier alpha value is -1.58. The van der Waals surface area contributed by atoms with Crippen molar-refractivity contribution in [1.82, 2.24) is 0 Å². The third kappa shape index (κ3) is 5.13. The van der Waals surface area contributed by atoms with Crippen molar-refractivity contribution in [2.45, 2.75) is 13.8 Å². The number of rotatable bonds is 6. The van der Waals surface area contributed by atoms with Gasteiger partial charge in [0.15, 0.2) is 6.29 Å². The lowest BCUT2D eigenvalue weighted by Gasteiger charge is -1.98. The van der Waals surface area contributed by atoms with Gasteiger partial charge in [-0.05, 0) is 26.0 Å². The van der Waals surface area contributed by atoms with Gasteiger partial charge < -0.3 is 9.47 Å². The Morgan fingerprint density at radius 2 is 2.00 bits per heavy atom. The number of carbonyl (C=O) groups excluding carboxylic acids is 2. The topological polar surface area (TPSA) is 52.6 Å². The Bertz CT molecular complexity index is 241. The molecule has 0 radical (unpaired) electrons. The van der Waals surface area contributed by atoms with Crippen LogP contribution in [0, 0.1) is 0 Å². The molecule has 0 aliphatic carbocycles. The van der Waals surface area contributed by atoms with Crippen LogP contribution < -0.4 is 0 Å². The molecule has 0 aromatic rings. The second-order valence-electron chi connectivity index (χ2n) is 2.24. The predicted octanol–water partition coefficient (Wildman–Crippen LogP) is 1.22. The van der Waals surface area contributed by atoms with Crippen LogP contribution in [0.2, 0.25) is 0 Å². The summed E-state index contributed by atoms with van der Waals surface area (Å²) < 4.78 is 9.51. The normalized spacial score (nSPS) is 11.4. The number of ether oxygens (including phenoxy) is 2. The first-order chi connectivity index (χ1) is 6.76. The molecule has 14 heavy (non-hydrogen) atoms. The molecule has 0 fully saturated rings. The van der Waals surface area contributed by atoms with Crippen LogP contribution in [0.25, 0.3) is 0 Å². The number of carbonyl (C=O) groups is 2. The molecule has 0 spiro atoms. The molecule has 0 saturated carbocycles. The molecule has 4 heteroatoms. The molecule has 0 N–H and O–H groups in total. The fourth-order valence-electron chi connectivity index (χ4n) is 0.665. The lowest BCUT2D eigenvalue weighted by molar-refractivity contribution is -0.139. The maximum atomic E-state index is 11.0. The highest BCUT2D eigenvalue weighted by Gasteiger charge is 2.06. The monoisotopic (exact) mass is 198 g/mol. The minimum atomic E-state index is -0.622. The molecule has 4 nitrogen and oxygen atoms in total. The van der Waals surface area contributed by atoms with Gasteiger partial charge in [0.25, 0.3) is 0 Å². The van der Waals surface area contributed by atoms with E-state index in [2.05, 4.69) is 4.74 Å². The summed E-state index contributed by atoms with van der Waals surface area (Å²) >= 11 is 0. The molecular weight excluding hydrogens is 184 g/mol. The minimum Gasteiger partial charge on any atom is -0.501 e. The molecule has 0 aromatic carbocycles. The quantitative estimate of drug-likeness (QED) is 0.122. The number of allylic oxidation sites excluding steroid dienone is 2. The number of hydrogen-bond acceptors (Lipinski definition) is 4. The fraction of sp³-hybridized carbons (Fsp3) is 0.400. The average Bonchev–Trinajstić information content (AvgIpc) is 2.18. The van der Waals surface area contributed by atoms with Crippen molar-refractivity contribution in [1.29, 1.82) is 0 Å². The summed E-state index contributed by atoms with van der Waals surface area (Å²) in [7, 11) is 0. The van der Waals surface area contributed by atoms with E-state index in [1.54, 1.807) is 6.92 Å². The van der Waals surface area contributed by atoms with Gasteiger partial charge in [-0.2, -0.15) is 0 Å². The van der Waals surface area contributed by atoms with Crippen molar-refractivity contribution in [3.05, 3.63) is 24.0 Å². The molecule has 0 heterocycles. The van der Waals surface area contributed by atoms with Crippen LogP contribution in [0.1, 0.15) is 13.8 Å². The Labute approximate surface area is 83.2 Å². The molecule has 0 amide bonds. The summed E-state index contributed by atoms with van der Waals surface area (Å²) in [4.78, 5) is 21.5. The molecule has 78 valence electrons. The largest absolute Gasteiger partial charge is 0.501 e. The van der Waals surface area contributed by atoms with Crippen molar-refractivity contribution in [2.24, 2.45) is 0 Å². The van der Waals surface area contributed by atoms with Gasteiger partial charge in [0, 0.05) is 0 Å². The highest BCUT2D eigenvalue weighted by Crippen LogP contribution is 1.95. The van der Waals surface area contributed by atoms with Crippen LogP contribution in [0.15, 0.2) is 24.0 Å². The van der Waals surface area contributed by atoms with Gasteiger partial charge in [-0.1, -0.05) is 0 Å². The van der Waals surface area contributed by atoms with Gasteiger partial charge in [-0.25, -0.2) is 4.79 Å². The van der Waals surface area contributed by atoms with Crippen LogP contribution in [0.5, 0.6) is 0 Å². The number of aldehydes is 1. The van der Waals surface area contributed by atoms with Crippen LogP contribution in [0.3, 0.4) is 0 Å². The Balaban J connectivity index is 4.24. The van der Waals surface area contributed by atoms with Crippen LogP contribution in [0.4, 0.5) is 0 Å². The van der Waals surface area contributed by atoms with E-state index < -0.39 is 5.97 Å². The third-order valence-corrected chi connectivity index (χ3v) is 1.26. The predicted molar refractivity (Wildman–Crippen MR) is 51.5 cm³/mol. The molecule has 0 aliphatic heterocycles. The zero-order chi connectivity index (χ0) is 10.8. The lowest BCUT2D eigenvalue weighted by atomic mass is 10.3. The van der Waals surface area contributed by atoms with Crippen LogP contribution in [-0.4, -0.2) is 25.5 Å². The van der Waals surface area contributed by atoms with Gasteiger partial charge in [0.1, 0.15) is 0 Å². The summed E-state index contributed by atoms with van der Waals surface area (Å²) in [5, 5.41) is 0. The average molecular weight is 198 g/mol. The van der Waals surface area contributed by atoms with Crippen molar-refractivity contribution < 1.29 is 19.1 Å². The van der Waals surface area contributed by atoms with E-state index in [0.29, 0.717) is 12.9 Å². The SMILES string of the molecule is CCO/C=C/C=C(/C=O)C(=O)OCC. The molecular formula is C10H14O4. The maximum absolute atomic E-state index is 11.0. The summed E-state index contributed by atoms with van der Waals surface area (Å²) in [5.41, 5.74) is -0.0252. The molecule has 0 aromatic heterocycles. The molecule has 0 aliphatic rings. The van der Waals surface area contributed by atoms with Crippen molar-refractivity contribution in [3.63, 3.8) is 0 Å².